The summed E-state index contributed by atoms with van der Waals surface area (Å²) in [4.78, 5) is 10.7. The van der Waals surface area contributed by atoms with Crippen molar-refractivity contribution in [3.8, 4) is 0 Å². The first-order valence-electron chi connectivity index (χ1n) is 10.5. The van der Waals surface area contributed by atoms with Gasteiger partial charge in [-0.1, -0.05) is 43.0 Å². The third-order valence-electron chi connectivity index (χ3n) is 4.47. The quantitative estimate of drug-likeness (QED) is 0.123. The van der Waals surface area contributed by atoms with Crippen molar-refractivity contribution in [2.45, 2.75) is 31.9 Å². The lowest BCUT2D eigenvalue weighted by molar-refractivity contribution is -0.137. The summed E-state index contributed by atoms with van der Waals surface area (Å²) in [6, 6.07) is 11.7. The first-order valence-corrected chi connectivity index (χ1v) is 14.4. The molecule has 0 amide bonds. The Labute approximate surface area is 202 Å². The molecule has 0 N–H and O–H groups in total. The lowest BCUT2D eigenvalue weighted by atomic mass is 10.2. The van der Waals surface area contributed by atoms with E-state index in [-0.39, 0.29) is 0 Å². The molecule has 0 bridgehead atoms. The summed E-state index contributed by atoms with van der Waals surface area (Å²) in [5.74, 6) is -0.422. The third kappa shape index (κ3) is 15.0. The van der Waals surface area contributed by atoms with Crippen molar-refractivity contribution in [3.63, 3.8) is 0 Å². The number of benzene rings is 1. The monoisotopic (exact) mass is 502 g/mol. The van der Waals surface area contributed by atoms with E-state index in [1.54, 1.807) is 48.7 Å². The first kappa shape index (κ1) is 33.5. The normalized spacial score (nSPS) is 10.8. The highest BCUT2D eigenvalue weighted by Crippen LogP contribution is 2.16. The van der Waals surface area contributed by atoms with Crippen LogP contribution in [0.2, 0.25) is 12.1 Å². The second kappa shape index (κ2) is 20.9. The molecule has 1 aromatic rings. The summed E-state index contributed by atoms with van der Waals surface area (Å²) in [5.41, 5.74) is 1.28. The fourth-order valence-corrected chi connectivity index (χ4v) is 5.97. The maximum atomic E-state index is 10.7. The zero-order valence-corrected chi connectivity index (χ0v) is 23.3. The fraction of sp³-hybridized carbons (Fsp3) is 0.522. The van der Waals surface area contributed by atoms with E-state index < -0.39 is 23.6 Å². The van der Waals surface area contributed by atoms with Crippen molar-refractivity contribution in [2.75, 3.05) is 49.3 Å². The molecule has 0 saturated carbocycles. The maximum absolute atomic E-state index is 10.7. The molecule has 1 rings (SSSR count). The van der Waals surface area contributed by atoms with Gasteiger partial charge in [0.1, 0.15) is 0 Å². The number of hydrogen-bond acceptors (Lipinski definition) is 8. The van der Waals surface area contributed by atoms with Crippen molar-refractivity contribution in [3.05, 3.63) is 61.2 Å². The topological polar surface area (TPSA) is 81.7 Å². The lowest BCUT2D eigenvalue weighted by Crippen LogP contribution is -2.43. The number of allylic oxidation sites excluding steroid dienone is 1. The number of rotatable bonds is 14. The van der Waals surface area contributed by atoms with Crippen molar-refractivity contribution < 1.29 is 36.1 Å². The molecule has 0 aliphatic rings. The van der Waals surface area contributed by atoms with Gasteiger partial charge in [0, 0.05) is 60.8 Å². The van der Waals surface area contributed by atoms with Gasteiger partial charge < -0.3 is 31.3 Å². The molecule has 0 aliphatic carbocycles. The van der Waals surface area contributed by atoms with Crippen LogP contribution >= 0.6 is 0 Å². The van der Waals surface area contributed by atoms with Crippen molar-refractivity contribution >= 4 is 23.6 Å². The number of esters is 1. The molecule has 190 valence electrons. The van der Waals surface area contributed by atoms with Crippen LogP contribution < -0.4 is 0 Å². The van der Waals surface area contributed by atoms with Crippen LogP contribution in [0.3, 0.4) is 0 Å². The summed E-state index contributed by atoms with van der Waals surface area (Å²) in [5, 5.41) is 0. The van der Waals surface area contributed by atoms with Gasteiger partial charge in [0.15, 0.2) is 0 Å². The molecule has 0 unspecified atom stereocenters. The van der Waals surface area contributed by atoms with E-state index in [9.17, 15) is 4.79 Å². The Balaban J connectivity index is 0. The van der Waals surface area contributed by atoms with E-state index in [0.29, 0.717) is 19.1 Å². The molecule has 0 heterocycles. The minimum absolute atomic E-state index is 0.315. The molecule has 0 atom stereocenters. The predicted octanol–water partition coefficient (Wildman–Crippen LogP) is 4.28. The number of ether oxygens (including phenoxy) is 1. The van der Waals surface area contributed by atoms with Crippen LogP contribution in [0.5, 0.6) is 0 Å². The molecule has 0 fully saturated rings. The van der Waals surface area contributed by atoms with Gasteiger partial charge in [-0.05, 0) is 25.3 Å². The predicted molar refractivity (Wildman–Crippen MR) is 135 cm³/mol. The van der Waals surface area contributed by atoms with Gasteiger partial charge in [-0.2, -0.15) is 0 Å². The van der Waals surface area contributed by atoms with Crippen molar-refractivity contribution in [1.82, 2.24) is 0 Å². The van der Waals surface area contributed by atoms with Crippen LogP contribution in [0.25, 0.3) is 0 Å². The number of carbonyl (C=O) groups is 1. The van der Waals surface area contributed by atoms with Gasteiger partial charge in [-0.25, -0.2) is 4.79 Å². The minimum Gasteiger partial charge on any atom is -0.463 e. The van der Waals surface area contributed by atoms with Gasteiger partial charge in [0.05, 0.1) is 6.61 Å². The Hall–Kier alpha value is -1.64. The van der Waals surface area contributed by atoms with Gasteiger partial charge in [0.2, 0.25) is 0 Å². The zero-order chi connectivity index (χ0) is 25.6. The summed E-state index contributed by atoms with van der Waals surface area (Å²) >= 11 is 0. The largest absolute Gasteiger partial charge is 0.500 e. The van der Waals surface area contributed by atoms with E-state index in [0.717, 1.165) is 18.5 Å². The molecule has 0 aliphatic heterocycles. The van der Waals surface area contributed by atoms with E-state index in [2.05, 4.69) is 25.3 Å². The van der Waals surface area contributed by atoms with Gasteiger partial charge in [0.25, 0.3) is 0 Å². The standard InChI is InChI=1S/C11H18O3Si.C9H18O5Si.C3H6/c1-12-15(13-2,14-3)10-9-11-7-5-4-6-8-11;1-5-9(10)14-7-6-8-15(11-2,12-3)13-4;1-3-2/h4-8H,9-10H2,1-3H3;5H,1,6-8H2,2-4H3;3H,1H2,2H3. The van der Waals surface area contributed by atoms with E-state index in [1.807, 2.05) is 25.1 Å². The molecule has 0 radical (unpaired) electrons. The van der Waals surface area contributed by atoms with Crippen LogP contribution in [0.1, 0.15) is 18.9 Å². The maximum Gasteiger partial charge on any atom is 0.500 e. The Kier molecular flexibility index (Phi) is 21.3. The molecule has 8 nitrogen and oxygen atoms in total. The van der Waals surface area contributed by atoms with Crippen molar-refractivity contribution in [2.24, 2.45) is 0 Å². The summed E-state index contributed by atoms with van der Waals surface area (Å²) in [6.45, 7) is 8.86. The molecule has 0 aromatic heterocycles. The zero-order valence-electron chi connectivity index (χ0n) is 21.3. The van der Waals surface area contributed by atoms with E-state index in [4.69, 9.17) is 31.3 Å². The second-order valence-electron chi connectivity index (χ2n) is 6.46. The van der Waals surface area contributed by atoms with Crippen LogP contribution in [0.15, 0.2) is 55.6 Å². The molecular formula is C23H42O8Si2. The van der Waals surface area contributed by atoms with E-state index >= 15 is 0 Å². The lowest BCUT2D eigenvalue weighted by Gasteiger charge is -2.24. The van der Waals surface area contributed by atoms with Crippen LogP contribution in [0, 0.1) is 0 Å². The molecule has 10 heteroatoms. The SMILES string of the molecule is C=CC.C=CC(=O)OCCC[Si](OC)(OC)OC.CO[Si](CCc1ccccc1)(OC)OC. The number of aryl methyl sites for hydroxylation is 1. The molecular weight excluding hydrogens is 460 g/mol. The highest BCUT2D eigenvalue weighted by molar-refractivity contribution is 6.60. The molecule has 33 heavy (non-hydrogen) atoms. The molecule has 0 saturated heterocycles. The Morgan fingerprint density at radius 2 is 1.24 bits per heavy atom. The molecule has 1 aromatic carbocycles. The van der Waals surface area contributed by atoms with Gasteiger partial charge in [-0.3, -0.25) is 0 Å². The Morgan fingerprint density at radius 1 is 0.818 bits per heavy atom. The smallest absolute Gasteiger partial charge is 0.463 e. The Morgan fingerprint density at radius 3 is 1.64 bits per heavy atom. The second-order valence-corrected chi connectivity index (χ2v) is 12.6. The number of hydrogen-bond donors (Lipinski definition) is 0. The summed E-state index contributed by atoms with van der Waals surface area (Å²) in [6.07, 6.45) is 4.44. The van der Waals surface area contributed by atoms with Crippen LogP contribution in [-0.4, -0.2) is 72.8 Å². The third-order valence-corrected chi connectivity index (χ3v) is 10.0. The summed E-state index contributed by atoms with van der Waals surface area (Å²) < 4.78 is 36.5. The van der Waals surface area contributed by atoms with Crippen molar-refractivity contribution in [1.29, 1.82) is 0 Å². The van der Waals surface area contributed by atoms with Gasteiger partial charge >= 0.3 is 23.6 Å². The van der Waals surface area contributed by atoms with Crippen LogP contribution in [-0.2, 0) is 42.5 Å². The Bertz CT molecular complexity index is 604. The highest BCUT2D eigenvalue weighted by Gasteiger charge is 2.37. The van der Waals surface area contributed by atoms with Crippen LogP contribution in [0.4, 0.5) is 0 Å². The first-order chi connectivity index (χ1) is 15.8. The van der Waals surface area contributed by atoms with E-state index in [1.165, 1.54) is 5.56 Å². The average molecular weight is 503 g/mol. The number of carbonyl (C=O) groups excluding carboxylic acids is 1. The van der Waals surface area contributed by atoms with Gasteiger partial charge in [-0.15, -0.1) is 6.58 Å². The minimum atomic E-state index is -2.52. The molecule has 0 spiro atoms. The highest BCUT2D eigenvalue weighted by atomic mass is 28.4. The fourth-order valence-electron chi connectivity index (χ4n) is 2.57. The summed E-state index contributed by atoms with van der Waals surface area (Å²) in [7, 11) is 4.66. The average Bonchev–Trinajstić information content (AvgIpc) is 2.87.